The third kappa shape index (κ3) is 3.92. The largest absolute Gasteiger partial charge is 0.325 e. The van der Waals surface area contributed by atoms with Gasteiger partial charge in [-0.05, 0) is 61.4 Å². The first-order valence-electron chi connectivity index (χ1n) is 10.8. The summed E-state index contributed by atoms with van der Waals surface area (Å²) < 4.78 is 1.13. The first-order valence-corrected chi connectivity index (χ1v) is 11.6. The molecule has 0 spiro atoms. The van der Waals surface area contributed by atoms with Crippen LogP contribution in [0.15, 0.2) is 72.8 Å². The van der Waals surface area contributed by atoms with Crippen LogP contribution in [0.5, 0.6) is 0 Å². The second-order valence-electron chi connectivity index (χ2n) is 8.43. The molecule has 2 N–H and O–H groups in total. The van der Waals surface area contributed by atoms with Crippen LogP contribution in [-0.2, 0) is 15.1 Å². The minimum Gasteiger partial charge on any atom is -0.325 e. The first kappa shape index (κ1) is 21.8. The highest BCUT2D eigenvalue weighted by Gasteiger charge is 2.49. The molecule has 1 fully saturated rings. The molecule has 4 aromatic rings. The summed E-state index contributed by atoms with van der Waals surface area (Å²) in [5.74, 6) is -0.913. The van der Waals surface area contributed by atoms with Crippen molar-refractivity contribution in [3.63, 3.8) is 0 Å². The number of carbonyl (C=O) groups is 3. The summed E-state index contributed by atoms with van der Waals surface area (Å²) in [5.41, 5.74) is 3.13. The second kappa shape index (κ2) is 8.39. The van der Waals surface area contributed by atoms with E-state index < -0.39 is 23.4 Å². The molecule has 1 saturated heterocycles. The maximum absolute atomic E-state index is 13.0. The number of carbonyl (C=O) groups excluding carboxylic acids is 3. The van der Waals surface area contributed by atoms with E-state index in [4.69, 9.17) is 0 Å². The highest BCUT2D eigenvalue weighted by Crippen LogP contribution is 2.31. The van der Waals surface area contributed by atoms with E-state index in [9.17, 15) is 14.4 Å². The summed E-state index contributed by atoms with van der Waals surface area (Å²) in [4.78, 5) is 43.7. The summed E-state index contributed by atoms with van der Waals surface area (Å²) in [6.07, 6.45) is 0. The van der Waals surface area contributed by atoms with Gasteiger partial charge in [0.1, 0.15) is 17.1 Å². The molecule has 34 heavy (non-hydrogen) atoms. The molecule has 0 radical (unpaired) electrons. The van der Waals surface area contributed by atoms with Crippen molar-refractivity contribution in [1.29, 1.82) is 0 Å². The SMILES string of the molecule is Cc1ccc2nc(-c3ccc(NC(=O)CN4C(=O)NC(C)(c5ccccc5)C4=O)cc3)sc2c1. The third-order valence-corrected chi connectivity index (χ3v) is 6.95. The lowest BCUT2D eigenvalue weighted by atomic mass is 9.92. The van der Waals surface area contributed by atoms with Crippen molar-refractivity contribution in [3.05, 3.63) is 83.9 Å². The lowest BCUT2D eigenvalue weighted by Gasteiger charge is -2.22. The summed E-state index contributed by atoms with van der Waals surface area (Å²) in [7, 11) is 0. The van der Waals surface area contributed by atoms with Gasteiger partial charge in [0.25, 0.3) is 5.91 Å². The molecular weight excluding hydrogens is 448 g/mol. The van der Waals surface area contributed by atoms with Gasteiger partial charge >= 0.3 is 6.03 Å². The topological polar surface area (TPSA) is 91.4 Å². The van der Waals surface area contributed by atoms with Gasteiger partial charge < -0.3 is 10.6 Å². The van der Waals surface area contributed by atoms with E-state index in [-0.39, 0.29) is 6.54 Å². The van der Waals surface area contributed by atoms with Crippen LogP contribution in [0.3, 0.4) is 0 Å². The van der Waals surface area contributed by atoms with Crippen molar-refractivity contribution in [3.8, 4) is 10.6 Å². The van der Waals surface area contributed by atoms with Crippen molar-refractivity contribution >= 4 is 45.1 Å². The zero-order valence-corrected chi connectivity index (χ0v) is 19.5. The van der Waals surface area contributed by atoms with E-state index >= 15 is 0 Å². The smallest absolute Gasteiger partial charge is 0.325 e. The van der Waals surface area contributed by atoms with Crippen molar-refractivity contribution in [2.75, 3.05) is 11.9 Å². The Hall–Kier alpha value is -4.04. The van der Waals surface area contributed by atoms with Crippen LogP contribution in [0.2, 0.25) is 0 Å². The average molecular weight is 471 g/mol. The van der Waals surface area contributed by atoms with Crippen LogP contribution in [0, 0.1) is 6.92 Å². The van der Waals surface area contributed by atoms with Crippen molar-refractivity contribution in [2.45, 2.75) is 19.4 Å². The molecule has 3 aromatic carbocycles. The molecule has 0 saturated carbocycles. The number of nitrogens with one attached hydrogen (secondary N) is 2. The number of urea groups is 1. The van der Waals surface area contributed by atoms with E-state index in [1.54, 1.807) is 54.7 Å². The van der Waals surface area contributed by atoms with E-state index in [1.165, 1.54) is 5.56 Å². The molecule has 1 unspecified atom stereocenters. The van der Waals surface area contributed by atoms with Gasteiger partial charge in [0.2, 0.25) is 5.91 Å². The van der Waals surface area contributed by atoms with Gasteiger partial charge in [0, 0.05) is 11.3 Å². The van der Waals surface area contributed by atoms with Gasteiger partial charge in [0.05, 0.1) is 10.2 Å². The van der Waals surface area contributed by atoms with Crippen LogP contribution in [0.25, 0.3) is 20.8 Å². The Bertz CT molecular complexity index is 1420. The van der Waals surface area contributed by atoms with Crippen LogP contribution >= 0.6 is 11.3 Å². The number of benzene rings is 3. The quantitative estimate of drug-likeness (QED) is 0.415. The summed E-state index contributed by atoms with van der Waals surface area (Å²) >= 11 is 1.62. The lowest BCUT2D eigenvalue weighted by molar-refractivity contribution is -0.133. The number of hydrogen-bond donors (Lipinski definition) is 2. The van der Waals surface area contributed by atoms with Gasteiger partial charge in [-0.1, -0.05) is 36.4 Å². The maximum Gasteiger partial charge on any atom is 0.325 e. The maximum atomic E-state index is 13.0. The molecule has 170 valence electrons. The molecule has 7 nitrogen and oxygen atoms in total. The molecular formula is C26H22N4O3S. The molecule has 2 heterocycles. The highest BCUT2D eigenvalue weighted by atomic mass is 32.1. The van der Waals surface area contributed by atoms with Crippen LogP contribution in [0.1, 0.15) is 18.1 Å². The predicted molar refractivity (Wildman–Crippen MR) is 132 cm³/mol. The predicted octanol–water partition coefficient (Wildman–Crippen LogP) is 4.68. The molecule has 4 amide bonds. The molecule has 1 aromatic heterocycles. The molecule has 1 atom stereocenters. The van der Waals surface area contributed by atoms with E-state index in [0.29, 0.717) is 11.3 Å². The number of fused-ring (bicyclic) bond motifs is 1. The zero-order valence-electron chi connectivity index (χ0n) is 18.7. The minimum absolute atomic E-state index is 0.369. The average Bonchev–Trinajstić information content (AvgIpc) is 3.34. The highest BCUT2D eigenvalue weighted by molar-refractivity contribution is 7.21. The summed E-state index contributed by atoms with van der Waals surface area (Å²) in [6, 6.07) is 21.9. The monoisotopic (exact) mass is 470 g/mol. The van der Waals surface area contributed by atoms with Crippen LogP contribution in [-0.4, -0.2) is 34.3 Å². The molecule has 5 rings (SSSR count). The standard InChI is InChI=1S/C26H22N4O3S/c1-16-8-13-20-21(14-16)34-23(28-20)17-9-11-19(12-10-17)27-22(31)15-30-24(32)26(2,29-25(30)33)18-6-4-3-5-7-18/h3-14H,15H2,1-2H3,(H,27,31)(H,29,33). The Labute approximate surface area is 200 Å². The molecule has 0 bridgehead atoms. The number of nitrogens with zero attached hydrogens (tertiary/aromatic N) is 2. The van der Waals surface area contributed by atoms with Gasteiger partial charge in [-0.3, -0.25) is 14.5 Å². The van der Waals surface area contributed by atoms with Gasteiger partial charge in [-0.25, -0.2) is 9.78 Å². The number of aryl methyl sites for hydroxylation is 1. The third-order valence-electron chi connectivity index (χ3n) is 5.89. The molecule has 8 heteroatoms. The number of thiazole rings is 1. The Morgan fingerprint density at radius 3 is 2.53 bits per heavy atom. The normalized spacial score (nSPS) is 17.8. The van der Waals surface area contributed by atoms with E-state index in [0.717, 1.165) is 25.7 Å². The Morgan fingerprint density at radius 2 is 1.79 bits per heavy atom. The number of aromatic nitrogens is 1. The molecule has 0 aliphatic carbocycles. The van der Waals surface area contributed by atoms with Crippen molar-refractivity contribution in [1.82, 2.24) is 15.2 Å². The fraction of sp³-hybridized carbons (Fsp3) is 0.154. The molecule has 1 aliphatic heterocycles. The number of rotatable bonds is 5. The zero-order chi connectivity index (χ0) is 23.9. The van der Waals surface area contributed by atoms with Gasteiger partial charge in [-0.15, -0.1) is 11.3 Å². The summed E-state index contributed by atoms with van der Waals surface area (Å²) in [6.45, 7) is 3.33. The number of hydrogen-bond acceptors (Lipinski definition) is 5. The van der Waals surface area contributed by atoms with Gasteiger partial charge in [-0.2, -0.15) is 0 Å². The molecule has 1 aliphatic rings. The Morgan fingerprint density at radius 1 is 1.06 bits per heavy atom. The minimum atomic E-state index is -1.20. The first-order chi connectivity index (χ1) is 16.3. The fourth-order valence-electron chi connectivity index (χ4n) is 4.00. The van der Waals surface area contributed by atoms with E-state index in [1.807, 2.05) is 30.3 Å². The van der Waals surface area contributed by atoms with Gasteiger partial charge in [0.15, 0.2) is 0 Å². The van der Waals surface area contributed by atoms with Crippen molar-refractivity contribution < 1.29 is 14.4 Å². The fourth-order valence-corrected chi connectivity index (χ4v) is 5.07. The van der Waals surface area contributed by atoms with Crippen LogP contribution < -0.4 is 10.6 Å². The lowest BCUT2D eigenvalue weighted by Crippen LogP contribution is -2.42. The number of amides is 4. The Kier molecular flexibility index (Phi) is 5.37. The Balaban J connectivity index is 1.26. The number of imide groups is 1. The second-order valence-corrected chi connectivity index (χ2v) is 9.46. The number of anilines is 1. The van der Waals surface area contributed by atoms with Crippen molar-refractivity contribution in [2.24, 2.45) is 0 Å². The van der Waals surface area contributed by atoms with Crippen LogP contribution in [0.4, 0.5) is 10.5 Å². The van der Waals surface area contributed by atoms with E-state index in [2.05, 4.69) is 28.6 Å². The summed E-state index contributed by atoms with van der Waals surface area (Å²) in [5, 5.41) is 6.37.